The Morgan fingerprint density at radius 3 is 2.16 bits per heavy atom. The van der Waals surface area contributed by atoms with E-state index >= 15 is 0 Å². The number of carbonyl (C=O) groups is 3. The van der Waals surface area contributed by atoms with Gasteiger partial charge in [0.1, 0.15) is 89.8 Å². The molecule has 2 saturated heterocycles. The van der Waals surface area contributed by atoms with Gasteiger partial charge in [-0.2, -0.15) is 12.6 Å². The monoisotopic (exact) mass is 1160 g/mol. The Balaban J connectivity index is 1.23. The van der Waals surface area contributed by atoms with Gasteiger partial charge in [0.05, 0.1) is 68.1 Å². The van der Waals surface area contributed by atoms with Gasteiger partial charge in [-0.25, -0.2) is 9.59 Å². The topological polar surface area (TPSA) is 316 Å². The highest BCUT2D eigenvalue weighted by Gasteiger charge is 2.73. The normalized spacial score (nSPS) is 42.9. The zero-order valence-corrected chi connectivity index (χ0v) is 50.2. The van der Waals surface area contributed by atoms with Crippen LogP contribution in [0.4, 0.5) is 0 Å². The molecule has 0 radical (unpaired) electrons. The number of rotatable bonds is 22. The van der Waals surface area contributed by atoms with Crippen molar-refractivity contribution in [2.45, 2.75) is 236 Å². The molecular formula is C53H90B6O21S. The lowest BCUT2D eigenvalue weighted by Gasteiger charge is -2.73. The first-order valence-corrected chi connectivity index (χ1v) is 29.8. The Hall–Kier alpha value is -2.13. The van der Waals surface area contributed by atoms with Crippen molar-refractivity contribution < 1.29 is 103 Å². The smallest absolute Gasteiger partial charge is 0.338 e. The second kappa shape index (κ2) is 26.1. The molecule has 0 aromatic carbocycles. The second-order valence-electron chi connectivity index (χ2n) is 26.2. The van der Waals surface area contributed by atoms with Gasteiger partial charge < -0.3 is 88.6 Å². The molecule has 0 spiro atoms. The zero-order chi connectivity index (χ0) is 59.9. The van der Waals surface area contributed by atoms with E-state index < -0.39 is 161 Å². The summed E-state index contributed by atoms with van der Waals surface area (Å²) in [6.07, 6.45) is -11.5. The van der Waals surface area contributed by atoms with Gasteiger partial charge in [0.2, 0.25) is 0 Å². The standard InChI is InChI=1S/C53H90B6O21S/c1-6-7-16-72-45(71)41(31(17-25(3)64)76-37-11-8-28(21-61)75-37)79-46(26(4)73-47-40(69)39(68)38(67)32(22-62)77-47)78-36-13-14-49(54)33-10-9-29-30-18-52(57,81)43(74-27(5)65)42(80-44(70)24(2)20-60)48(30,23-63)35(66)19-51(29,56)50(33,55)15-12-34(49)53(36,58)59/h9,20,25-26,28,30-43,46-47,60-64,66-69,81H,6-8,10-19,21-23,54-59H2,1-5H3/b24-20-/t25-,26+,28-,30?,31?,32?,33?,34?,35-,36+,37+,38?,39?,40?,41?,42+,43+,46?,47?,48+,49+,50+,51+,52-/m1/s1. The number of thiol groups is 1. The number of esters is 3. The summed E-state index contributed by atoms with van der Waals surface area (Å²) >= 11 is 5.10. The maximum atomic E-state index is 14.4. The van der Waals surface area contributed by atoms with Crippen molar-refractivity contribution in [1.29, 1.82) is 0 Å². The van der Waals surface area contributed by atoms with Crippen LogP contribution in [0.1, 0.15) is 112 Å². The third-order valence-corrected chi connectivity index (χ3v) is 21.1. The van der Waals surface area contributed by atoms with Crippen molar-refractivity contribution in [2.75, 3.05) is 26.4 Å². The number of fused-ring (bicyclic) bond motifs is 7. The van der Waals surface area contributed by atoms with Crippen molar-refractivity contribution >= 4 is 77.6 Å². The number of allylic oxidation sites excluding steroid dienone is 2. The molecule has 11 unspecified atom stereocenters. The molecule has 5 aliphatic carbocycles. The number of ether oxygens (including phenoxy) is 9. The third-order valence-electron chi connectivity index (χ3n) is 20.7. The molecule has 21 nitrogen and oxygen atoms in total. The van der Waals surface area contributed by atoms with Crippen molar-refractivity contribution in [3.8, 4) is 0 Å². The van der Waals surface area contributed by atoms with E-state index in [0.717, 1.165) is 24.8 Å². The molecule has 452 valence electrons. The van der Waals surface area contributed by atoms with Gasteiger partial charge in [0, 0.05) is 24.4 Å². The van der Waals surface area contributed by atoms with Crippen LogP contribution < -0.4 is 0 Å². The van der Waals surface area contributed by atoms with E-state index in [4.69, 9.17) is 55.3 Å². The average Bonchev–Trinajstić information content (AvgIpc) is 2.06. The number of hydrogen-bond acceptors (Lipinski definition) is 22. The first kappa shape index (κ1) is 66.4. The van der Waals surface area contributed by atoms with Crippen molar-refractivity contribution in [2.24, 2.45) is 23.2 Å². The molecule has 2 heterocycles. The van der Waals surface area contributed by atoms with Crippen LogP contribution in [0.25, 0.3) is 0 Å². The SMILES string of the molecule is BC1(B)C2CC[C@]3(B)C(CC=C4C5C[C@@](B)(S)[C@@H](OC(C)=O)[C@H](OC(=O)/C(C)=C\O)[C@]5(CO)[C@H](O)C[C@]43B)[C@@]2(B)CC[C@@H]1OC(OC(C(=O)OCCCC)C(C[C@@H](C)O)O[C@H]1CC[C@H](CO)O1)[C@H](C)OC1OC(CO)C(O)C(O)C1O. The van der Waals surface area contributed by atoms with Gasteiger partial charge in [0.15, 0.2) is 31.1 Å². The molecule has 24 atom stereocenters. The first-order chi connectivity index (χ1) is 37.9. The summed E-state index contributed by atoms with van der Waals surface area (Å²) in [6, 6.07) is 0. The lowest BCUT2D eigenvalue weighted by molar-refractivity contribution is -0.339. The fourth-order valence-corrected chi connectivity index (χ4v) is 16.4. The highest BCUT2D eigenvalue weighted by atomic mass is 32.1. The molecule has 4 saturated carbocycles. The van der Waals surface area contributed by atoms with Crippen LogP contribution in [0.5, 0.6) is 0 Å². The van der Waals surface area contributed by atoms with Gasteiger partial charge in [-0.3, -0.25) is 4.79 Å². The van der Waals surface area contributed by atoms with Gasteiger partial charge in [-0.1, -0.05) is 60.1 Å². The van der Waals surface area contributed by atoms with Crippen LogP contribution in [0.15, 0.2) is 23.5 Å². The predicted molar refractivity (Wildman–Crippen MR) is 312 cm³/mol. The molecule has 2 aliphatic heterocycles. The molecule has 28 heteroatoms. The fraction of sp³-hybridized carbons (Fsp3) is 0.868. The Morgan fingerprint density at radius 2 is 1.56 bits per heavy atom. The Bertz CT molecular complexity index is 2270. The van der Waals surface area contributed by atoms with Crippen LogP contribution in [0, 0.1) is 23.2 Å². The Labute approximate surface area is 487 Å². The molecule has 0 amide bonds. The van der Waals surface area contributed by atoms with Crippen molar-refractivity contribution in [3.63, 3.8) is 0 Å². The number of hydrogen-bond donors (Lipinski definition) is 10. The van der Waals surface area contributed by atoms with Crippen LogP contribution >= 0.6 is 12.6 Å². The minimum atomic E-state index is -1.78. The van der Waals surface area contributed by atoms with Crippen LogP contribution in [-0.4, -0.2) is 240 Å². The minimum absolute atomic E-state index is 0.0133. The highest BCUT2D eigenvalue weighted by Crippen LogP contribution is 2.81. The molecule has 0 aromatic rings. The average molecular weight is 1160 g/mol. The molecule has 9 N–H and O–H groups in total. The molecule has 6 fully saturated rings. The van der Waals surface area contributed by atoms with Crippen LogP contribution in [0.2, 0.25) is 21.2 Å². The summed E-state index contributed by atoms with van der Waals surface area (Å²) in [5, 5.41) is 95.7. The van der Waals surface area contributed by atoms with Gasteiger partial charge in [-0.15, -0.1) is 0 Å². The molecule has 0 bridgehead atoms. The van der Waals surface area contributed by atoms with E-state index in [-0.39, 0.29) is 55.2 Å². The number of aliphatic hydroxyl groups is 9. The number of aliphatic hydroxyl groups excluding tert-OH is 9. The second-order valence-corrected chi connectivity index (χ2v) is 27.3. The van der Waals surface area contributed by atoms with E-state index in [0.29, 0.717) is 44.8 Å². The summed E-state index contributed by atoms with van der Waals surface area (Å²) in [7, 11) is 13.0. The molecule has 0 aromatic heterocycles. The molecule has 7 aliphatic rings. The minimum Gasteiger partial charge on any atom is -0.515 e. The molecular weight excluding hydrogens is 1070 g/mol. The zero-order valence-electron chi connectivity index (χ0n) is 49.3. The molecule has 81 heavy (non-hydrogen) atoms. The van der Waals surface area contributed by atoms with E-state index in [2.05, 4.69) is 45.3 Å². The van der Waals surface area contributed by atoms with Gasteiger partial charge in [-0.05, 0) is 82.4 Å². The largest absolute Gasteiger partial charge is 0.515 e. The molecule has 7 rings (SSSR count). The summed E-state index contributed by atoms with van der Waals surface area (Å²) in [4.78, 5) is 40.7. The van der Waals surface area contributed by atoms with Crippen LogP contribution in [-0.2, 0) is 57.0 Å². The lowest BCUT2D eigenvalue weighted by atomic mass is 9.20. The van der Waals surface area contributed by atoms with Crippen LogP contribution in [0.3, 0.4) is 0 Å². The highest BCUT2D eigenvalue weighted by molar-refractivity contribution is 7.83. The van der Waals surface area contributed by atoms with Gasteiger partial charge in [0.25, 0.3) is 0 Å². The number of unbranched alkanes of at least 4 members (excludes halogenated alkanes) is 1. The fourth-order valence-electron chi connectivity index (χ4n) is 16.1. The van der Waals surface area contributed by atoms with E-state index in [1.165, 1.54) is 13.8 Å². The van der Waals surface area contributed by atoms with E-state index in [1.54, 1.807) is 21.7 Å². The Morgan fingerprint density at radius 1 is 0.852 bits per heavy atom. The van der Waals surface area contributed by atoms with E-state index in [9.17, 15) is 60.3 Å². The summed E-state index contributed by atoms with van der Waals surface area (Å²) in [5.74, 6) is -2.85. The maximum absolute atomic E-state index is 14.4. The quantitative estimate of drug-likeness (QED) is 0.00580. The third kappa shape index (κ3) is 12.6. The maximum Gasteiger partial charge on any atom is 0.338 e. The van der Waals surface area contributed by atoms with E-state index in [1.807, 2.05) is 6.92 Å². The predicted octanol–water partition coefficient (Wildman–Crippen LogP) is -3.48. The summed E-state index contributed by atoms with van der Waals surface area (Å²) in [6.45, 7) is 6.20. The first-order valence-electron chi connectivity index (χ1n) is 29.4. The van der Waals surface area contributed by atoms with Crippen molar-refractivity contribution in [1.82, 2.24) is 0 Å². The van der Waals surface area contributed by atoms with Crippen molar-refractivity contribution in [3.05, 3.63) is 23.5 Å². The number of carbonyl (C=O) groups excluding carboxylic acids is 3. The van der Waals surface area contributed by atoms with Gasteiger partial charge >= 0.3 is 17.9 Å². The lowest BCUT2D eigenvalue weighted by Crippen LogP contribution is -2.72. The summed E-state index contributed by atoms with van der Waals surface area (Å²) in [5.41, 5.74) is -0.602. The summed E-state index contributed by atoms with van der Waals surface area (Å²) < 4.78 is 55.2. The Kier molecular flexibility index (Phi) is 21.4.